The van der Waals surface area contributed by atoms with E-state index >= 15 is 0 Å². The van der Waals surface area contributed by atoms with Gasteiger partial charge in [0, 0.05) is 0 Å². The first-order valence-corrected chi connectivity index (χ1v) is 6.09. The summed E-state index contributed by atoms with van der Waals surface area (Å²) < 4.78 is 140. The Hall–Kier alpha value is -0.980. The molecule has 0 bridgehead atoms. The van der Waals surface area contributed by atoms with Crippen molar-refractivity contribution in [3.05, 3.63) is 34.6 Å². The van der Waals surface area contributed by atoms with E-state index in [0.29, 0.717) is 0 Å². The lowest BCUT2D eigenvalue weighted by molar-refractivity contribution is -0.374. The minimum absolute atomic E-state index is 2.83. The average molecular weight is 413 g/mol. The third kappa shape index (κ3) is 2.42. The number of halogens is 12. The van der Waals surface area contributed by atoms with Gasteiger partial charge in [-0.3, -0.25) is 9.47 Å². The molecule has 2 unspecified atom stereocenters. The predicted molar refractivity (Wildman–Crippen MR) is 55.5 cm³/mol. The van der Waals surface area contributed by atoms with Crippen molar-refractivity contribution in [2.24, 2.45) is 0 Å². The Morgan fingerprint density at radius 3 is 1.25 bits per heavy atom. The molecule has 1 saturated heterocycles. The van der Waals surface area contributed by atoms with Crippen LogP contribution in [0.5, 0.6) is 0 Å². The largest absolute Gasteiger partial charge is 0.448 e. The first-order chi connectivity index (χ1) is 10.6. The van der Waals surface area contributed by atoms with Crippen LogP contribution in [0.2, 0.25) is 0 Å². The number of hydrogen-bond acceptors (Lipinski definition) is 2. The molecule has 1 heterocycles. The fourth-order valence-corrected chi connectivity index (χ4v) is 2.05. The molecule has 1 aromatic rings. The maximum Gasteiger partial charge on any atom is 0.448 e. The molecule has 14 heteroatoms. The van der Waals surface area contributed by atoms with E-state index in [9.17, 15) is 43.9 Å². The van der Waals surface area contributed by atoms with E-state index in [0.717, 1.165) is 0 Å². The van der Waals surface area contributed by atoms with Gasteiger partial charge in [-0.25, -0.2) is 22.0 Å². The highest BCUT2D eigenvalue weighted by Crippen LogP contribution is 2.61. The van der Waals surface area contributed by atoms with Crippen molar-refractivity contribution in [2.45, 2.75) is 22.6 Å². The van der Waals surface area contributed by atoms with Crippen molar-refractivity contribution in [1.82, 2.24) is 0 Å². The normalized spacial score (nSPS) is 34.0. The second-order valence-electron chi connectivity index (χ2n) is 4.30. The fourth-order valence-electron chi connectivity index (χ4n) is 1.75. The Morgan fingerprint density at radius 2 is 0.958 bits per heavy atom. The van der Waals surface area contributed by atoms with Crippen molar-refractivity contribution < 1.29 is 53.4 Å². The van der Waals surface area contributed by atoms with Gasteiger partial charge in [0.2, 0.25) is 5.82 Å². The van der Waals surface area contributed by atoms with E-state index in [-0.39, 0.29) is 0 Å². The molecule has 0 N–H and O–H groups in total. The standard InChI is InChI=1S/C10Cl2F10O2/c11-8(18)9(12,19)24-7(23-8,10(20,21)22)1-2(13)4(15)6(17)5(16)3(1)14. The van der Waals surface area contributed by atoms with E-state index in [1.807, 2.05) is 0 Å². The van der Waals surface area contributed by atoms with Crippen LogP contribution in [0.3, 0.4) is 0 Å². The lowest BCUT2D eigenvalue weighted by Crippen LogP contribution is -2.46. The van der Waals surface area contributed by atoms with Gasteiger partial charge in [0.05, 0.1) is 5.56 Å². The summed E-state index contributed by atoms with van der Waals surface area (Å²) in [5.74, 6) is -20.0. The zero-order chi connectivity index (χ0) is 18.9. The Bertz CT molecular complexity index is 657. The van der Waals surface area contributed by atoms with E-state index < -0.39 is 57.2 Å². The fraction of sp³-hybridized carbons (Fsp3) is 0.400. The van der Waals surface area contributed by atoms with Crippen molar-refractivity contribution in [3.63, 3.8) is 0 Å². The average Bonchev–Trinajstić information content (AvgIpc) is 2.60. The summed E-state index contributed by atoms with van der Waals surface area (Å²) in [4.78, 5) is 0. The molecule has 2 rings (SSSR count). The Balaban J connectivity index is 2.89. The minimum Gasteiger partial charge on any atom is -0.282 e. The molecule has 0 radical (unpaired) electrons. The van der Waals surface area contributed by atoms with E-state index in [2.05, 4.69) is 32.7 Å². The highest BCUT2D eigenvalue weighted by Gasteiger charge is 2.79. The summed E-state index contributed by atoms with van der Waals surface area (Å²) in [5, 5.41) is -9.38. The van der Waals surface area contributed by atoms with Gasteiger partial charge in [-0.2, -0.15) is 22.0 Å². The molecule has 1 aliphatic heterocycles. The van der Waals surface area contributed by atoms with Crippen LogP contribution in [0.1, 0.15) is 5.56 Å². The van der Waals surface area contributed by atoms with Crippen LogP contribution in [-0.2, 0) is 15.3 Å². The molecule has 1 fully saturated rings. The number of alkyl halides is 7. The molecule has 0 amide bonds. The lowest BCUT2D eigenvalue weighted by atomic mass is 10.0. The topological polar surface area (TPSA) is 18.5 Å². The molecular formula is C10Cl2F10O2. The Labute approximate surface area is 134 Å². The zero-order valence-electron chi connectivity index (χ0n) is 10.4. The highest BCUT2D eigenvalue weighted by atomic mass is 35.5. The van der Waals surface area contributed by atoms with Gasteiger partial charge in [-0.1, -0.05) is 0 Å². The quantitative estimate of drug-likeness (QED) is 0.283. The molecule has 0 saturated carbocycles. The molecule has 1 aromatic carbocycles. The van der Waals surface area contributed by atoms with Crippen molar-refractivity contribution in [3.8, 4) is 0 Å². The second-order valence-corrected chi connectivity index (χ2v) is 5.27. The monoisotopic (exact) mass is 412 g/mol. The zero-order valence-corrected chi connectivity index (χ0v) is 11.9. The molecule has 2 nitrogen and oxygen atoms in total. The van der Waals surface area contributed by atoms with Crippen LogP contribution >= 0.6 is 23.2 Å². The third-order valence-electron chi connectivity index (χ3n) is 2.79. The Kier molecular flexibility index (Phi) is 4.24. The summed E-state index contributed by atoms with van der Waals surface area (Å²) >= 11 is 9.18. The van der Waals surface area contributed by atoms with Crippen LogP contribution in [0.25, 0.3) is 0 Å². The number of benzene rings is 1. The molecule has 24 heavy (non-hydrogen) atoms. The summed E-state index contributed by atoms with van der Waals surface area (Å²) in [6.45, 7) is 0. The molecular weight excluding hydrogens is 413 g/mol. The van der Waals surface area contributed by atoms with Gasteiger partial charge in [0.15, 0.2) is 23.3 Å². The van der Waals surface area contributed by atoms with Crippen LogP contribution in [0.4, 0.5) is 43.9 Å². The van der Waals surface area contributed by atoms with Crippen LogP contribution in [0, 0.1) is 29.1 Å². The number of hydrogen-bond donors (Lipinski definition) is 0. The first-order valence-electron chi connectivity index (χ1n) is 5.33. The van der Waals surface area contributed by atoms with Crippen LogP contribution in [0.15, 0.2) is 0 Å². The summed E-state index contributed by atoms with van der Waals surface area (Å²) in [6.07, 6.45) is -6.28. The molecule has 1 aliphatic rings. The molecule has 136 valence electrons. The van der Waals surface area contributed by atoms with Crippen molar-refractivity contribution in [1.29, 1.82) is 0 Å². The summed E-state index contributed by atoms with van der Waals surface area (Å²) in [6, 6.07) is 0. The molecule has 2 atom stereocenters. The van der Waals surface area contributed by atoms with Gasteiger partial charge in [-0.15, -0.1) is 0 Å². The van der Waals surface area contributed by atoms with Crippen LogP contribution in [-0.4, -0.2) is 16.8 Å². The molecule has 0 aliphatic carbocycles. The Morgan fingerprint density at radius 1 is 0.667 bits per heavy atom. The van der Waals surface area contributed by atoms with E-state index in [4.69, 9.17) is 0 Å². The number of ether oxygens (including phenoxy) is 2. The second kappa shape index (κ2) is 5.26. The maximum atomic E-state index is 13.6. The van der Waals surface area contributed by atoms with Gasteiger partial charge < -0.3 is 0 Å². The van der Waals surface area contributed by atoms with Crippen LogP contribution < -0.4 is 0 Å². The van der Waals surface area contributed by atoms with Gasteiger partial charge in [-0.05, 0) is 23.2 Å². The SMILES string of the molecule is Fc1c(F)c(F)c(C2(C(F)(F)F)OC(F)(Cl)C(F)(Cl)O2)c(F)c1F. The minimum atomic E-state index is -6.28. The van der Waals surface area contributed by atoms with E-state index in [1.54, 1.807) is 0 Å². The number of rotatable bonds is 1. The van der Waals surface area contributed by atoms with Gasteiger partial charge in [0.25, 0.3) is 0 Å². The van der Waals surface area contributed by atoms with Gasteiger partial charge >= 0.3 is 22.6 Å². The molecule has 0 spiro atoms. The predicted octanol–water partition coefficient (Wildman–Crippen LogP) is 4.87. The summed E-state index contributed by atoms with van der Waals surface area (Å²) in [5.41, 5.74) is -2.88. The maximum absolute atomic E-state index is 13.6. The smallest absolute Gasteiger partial charge is 0.282 e. The van der Waals surface area contributed by atoms with Crippen molar-refractivity contribution >= 4 is 23.2 Å². The summed E-state index contributed by atoms with van der Waals surface area (Å²) in [7, 11) is 0. The van der Waals surface area contributed by atoms with E-state index in [1.165, 1.54) is 0 Å². The third-order valence-corrected chi connectivity index (χ3v) is 3.53. The highest BCUT2D eigenvalue weighted by molar-refractivity contribution is 6.32. The first kappa shape index (κ1) is 19.3. The van der Waals surface area contributed by atoms with Crippen molar-refractivity contribution in [2.75, 3.05) is 0 Å². The molecule has 0 aromatic heterocycles. The lowest BCUT2D eigenvalue weighted by Gasteiger charge is -2.30. The van der Waals surface area contributed by atoms with Gasteiger partial charge in [0.1, 0.15) is 0 Å².